The summed E-state index contributed by atoms with van der Waals surface area (Å²) in [6.45, 7) is 2.32. The van der Waals surface area contributed by atoms with Crippen molar-refractivity contribution in [2.45, 2.75) is 84.0 Å². The van der Waals surface area contributed by atoms with Crippen LogP contribution in [-0.4, -0.2) is 28.8 Å². The van der Waals surface area contributed by atoms with Crippen LogP contribution in [0.3, 0.4) is 0 Å². The van der Waals surface area contributed by atoms with Crippen molar-refractivity contribution < 1.29 is 29.3 Å². The molecule has 2 bridgehead atoms. The number of carbonyl (C=O) groups excluding carboxylic acids is 2. The number of allylic oxidation sites excluding steroid dienone is 5. The summed E-state index contributed by atoms with van der Waals surface area (Å²) in [5, 5.41) is 21.4. The molecule has 0 unspecified atom stereocenters. The molecular weight excluding hydrogens is 685 g/mol. The Morgan fingerprint density at radius 1 is 0.855 bits per heavy atom. The molecule has 7 aliphatic rings. The number of benzene rings is 3. The minimum atomic E-state index is -0.833. The number of hydrogen-bond donors (Lipinski definition) is 2. The van der Waals surface area contributed by atoms with Crippen LogP contribution in [0, 0.1) is 40.9 Å². The van der Waals surface area contributed by atoms with Crippen molar-refractivity contribution in [1.29, 1.82) is 0 Å². The van der Waals surface area contributed by atoms with Gasteiger partial charge in [0, 0.05) is 23.7 Å². The Labute approximate surface area is 324 Å². The van der Waals surface area contributed by atoms with Crippen molar-refractivity contribution >= 4 is 17.5 Å². The molecule has 3 aromatic carbocycles. The smallest absolute Gasteiger partial charge is 0.340 e. The van der Waals surface area contributed by atoms with Crippen LogP contribution in [0.25, 0.3) is 16.7 Å². The number of esters is 2. The Morgan fingerprint density at radius 3 is 2.36 bits per heavy atom. The number of rotatable bonds is 10. The summed E-state index contributed by atoms with van der Waals surface area (Å²) in [5.74, 6) is 1.45. The highest BCUT2D eigenvalue weighted by Gasteiger charge is 2.68. The lowest BCUT2D eigenvalue weighted by atomic mass is 9.44. The molecule has 284 valence electrons. The normalized spacial score (nSPS) is 28.6. The monoisotopic (exact) mass is 736 g/mol. The van der Waals surface area contributed by atoms with Crippen molar-refractivity contribution in [1.82, 2.24) is 0 Å². The average Bonchev–Trinajstić information content (AvgIpc) is 3.71. The Bertz CT molecular complexity index is 2100. The molecule has 1 saturated heterocycles. The molecule has 55 heavy (non-hydrogen) atoms. The highest BCUT2D eigenvalue weighted by atomic mass is 16.5. The van der Waals surface area contributed by atoms with Crippen molar-refractivity contribution in [2.75, 3.05) is 6.61 Å². The predicted molar refractivity (Wildman–Crippen MR) is 213 cm³/mol. The molecule has 0 aromatic heterocycles. The Hall–Kier alpha value is -4.68. The van der Waals surface area contributed by atoms with Crippen LogP contribution in [0.4, 0.5) is 0 Å². The number of hydrogen-bond acceptors (Lipinski definition) is 6. The third kappa shape index (κ3) is 6.12. The van der Waals surface area contributed by atoms with E-state index in [1.165, 1.54) is 24.8 Å². The highest BCUT2D eigenvalue weighted by molar-refractivity contribution is 6.07. The standard InChI is InChI=1S/C49H52O6/c1-2-30(26-31-12-6-3-7-13-31)27-42-49-25-24-37(43(46(49)48(53)55-42)40-28-35(51)19-20-36(40)33-16-10-5-11-17-33)38-21-22-39-41(54-47(52)44(39)45(38)49)23-18-34(29-50)32-14-8-4-9-15-32/h3,5-7,10-13,16-17,19-20,23,27-28,30,32,34,37-38,45,50-51H,2,4,8-9,14-15,18,21-22,24-26,29H2,1H3/t30-,34+,37+,38+,45+,49+/m0/s1. The first-order valence-electron chi connectivity index (χ1n) is 20.8. The van der Waals surface area contributed by atoms with Gasteiger partial charge in [0.25, 0.3) is 0 Å². The fourth-order valence-corrected chi connectivity index (χ4v) is 11.6. The number of aliphatic hydroxyl groups excluding tert-OH is 1. The molecule has 10 rings (SSSR count). The summed E-state index contributed by atoms with van der Waals surface area (Å²) in [6.07, 6.45) is 15.8. The second-order valence-corrected chi connectivity index (χ2v) is 16.9. The van der Waals surface area contributed by atoms with E-state index in [2.05, 4.69) is 55.5 Å². The van der Waals surface area contributed by atoms with E-state index in [0.717, 1.165) is 78.4 Å². The lowest BCUT2D eigenvalue weighted by Gasteiger charge is -2.56. The van der Waals surface area contributed by atoms with Gasteiger partial charge in [-0.1, -0.05) is 106 Å². The second kappa shape index (κ2) is 14.8. The fraction of sp³-hybridized carbons (Fsp3) is 0.429. The number of aromatic hydroxyl groups is 1. The van der Waals surface area contributed by atoms with Crippen LogP contribution in [0.15, 0.2) is 119 Å². The van der Waals surface area contributed by atoms with Gasteiger partial charge in [-0.15, -0.1) is 0 Å². The van der Waals surface area contributed by atoms with Crippen molar-refractivity contribution in [3.63, 3.8) is 0 Å². The van der Waals surface area contributed by atoms with Gasteiger partial charge in [0.2, 0.25) is 0 Å². The van der Waals surface area contributed by atoms with Crippen LogP contribution in [0.1, 0.15) is 88.7 Å². The van der Waals surface area contributed by atoms with Crippen LogP contribution < -0.4 is 0 Å². The van der Waals surface area contributed by atoms with E-state index >= 15 is 0 Å². The summed E-state index contributed by atoms with van der Waals surface area (Å²) in [5.41, 5.74) is 6.59. The van der Waals surface area contributed by atoms with Gasteiger partial charge in [0.05, 0.1) is 11.0 Å². The van der Waals surface area contributed by atoms with E-state index in [-0.39, 0.29) is 53.9 Å². The third-order valence-electron chi connectivity index (χ3n) is 14.1. The highest BCUT2D eigenvalue weighted by Crippen LogP contribution is 2.72. The second-order valence-electron chi connectivity index (χ2n) is 16.9. The maximum Gasteiger partial charge on any atom is 0.340 e. The van der Waals surface area contributed by atoms with Gasteiger partial charge in [0.15, 0.2) is 0 Å². The molecule has 2 aliphatic heterocycles. The van der Waals surface area contributed by atoms with E-state index in [1.807, 2.05) is 36.4 Å². The maximum atomic E-state index is 14.7. The van der Waals surface area contributed by atoms with E-state index in [0.29, 0.717) is 35.9 Å². The van der Waals surface area contributed by atoms with Crippen LogP contribution in [-0.2, 0) is 25.5 Å². The van der Waals surface area contributed by atoms with E-state index < -0.39 is 5.41 Å². The Kier molecular flexibility index (Phi) is 9.66. The van der Waals surface area contributed by atoms with Crippen molar-refractivity contribution in [3.05, 3.63) is 130 Å². The quantitative estimate of drug-likeness (QED) is 0.201. The Morgan fingerprint density at radius 2 is 1.62 bits per heavy atom. The maximum absolute atomic E-state index is 14.7. The van der Waals surface area contributed by atoms with E-state index in [1.54, 1.807) is 6.07 Å². The van der Waals surface area contributed by atoms with Crippen LogP contribution in [0.5, 0.6) is 5.75 Å². The summed E-state index contributed by atoms with van der Waals surface area (Å²) in [4.78, 5) is 29.0. The number of ether oxygens (including phenoxy) is 2. The number of fused-ring (bicyclic) bond motifs is 1. The lowest BCUT2D eigenvalue weighted by Crippen LogP contribution is -2.52. The largest absolute Gasteiger partial charge is 0.508 e. The molecule has 5 aliphatic carbocycles. The molecule has 2 heterocycles. The molecule has 6 atom stereocenters. The molecule has 2 saturated carbocycles. The average molecular weight is 737 g/mol. The summed E-state index contributed by atoms with van der Waals surface area (Å²) in [6, 6.07) is 26.1. The molecule has 6 nitrogen and oxygen atoms in total. The molecule has 0 radical (unpaired) electrons. The number of cyclic esters (lactones) is 2. The third-order valence-corrected chi connectivity index (χ3v) is 14.1. The molecular formula is C49H52O6. The van der Waals surface area contributed by atoms with Gasteiger partial charge >= 0.3 is 11.9 Å². The van der Waals surface area contributed by atoms with Crippen molar-refractivity contribution in [3.8, 4) is 16.9 Å². The van der Waals surface area contributed by atoms with Crippen LogP contribution >= 0.6 is 0 Å². The van der Waals surface area contributed by atoms with E-state index in [4.69, 9.17) is 9.47 Å². The first-order chi connectivity index (χ1) is 26.9. The summed E-state index contributed by atoms with van der Waals surface area (Å²) < 4.78 is 12.7. The number of phenolic OH excluding ortho intramolecular Hbond substituents is 1. The topological polar surface area (TPSA) is 93.1 Å². The van der Waals surface area contributed by atoms with Gasteiger partial charge in [-0.2, -0.15) is 0 Å². The number of phenols is 1. The zero-order chi connectivity index (χ0) is 37.7. The van der Waals surface area contributed by atoms with Gasteiger partial charge in [-0.3, -0.25) is 0 Å². The minimum absolute atomic E-state index is 0.00396. The number of carbonyl (C=O) groups is 2. The SMILES string of the molecule is CC[C@H](C=C1OC(=O)C2=C(c3cc(O)ccc3-c3ccccc3)[C@@H]3CC[C@]12[C@H]1C2=C(CC[C@H]31)C(=CC[C@H](CO)C1CCCCC1)OC2=O)Cc1ccccc1. The first-order valence-corrected chi connectivity index (χ1v) is 20.8. The molecule has 0 amide bonds. The van der Waals surface area contributed by atoms with Gasteiger partial charge in [-0.25, -0.2) is 9.59 Å². The molecule has 3 aromatic rings. The molecule has 3 fully saturated rings. The van der Waals surface area contributed by atoms with Gasteiger partial charge in [0.1, 0.15) is 17.3 Å². The number of aliphatic hydroxyl groups is 1. The van der Waals surface area contributed by atoms with Gasteiger partial charge in [-0.05, 0) is 127 Å². The molecule has 1 spiro atoms. The molecule has 6 heteroatoms. The lowest BCUT2D eigenvalue weighted by molar-refractivity contribution is -0.135. The van der Waals surface area contributed by atoms with E-state index in [9.17, 15) is 19.8 Å². The summed E-state index contributed by atoms with van der Waals surface area (Å²) in [7, 11) is 0. The summed E-state index contributed by atoms with van der Waals surface area (Å²) >= 11 is 0. The Balaban J connectivity index is 1.20. The first kappa shape index (κ1) is 36.0. The minimum Gasteiger partial charge on any atom is -0.508 e. The van der Waals surface area contributed by atoms with Crippen molar-refractivity contribution in [2.24, 2.45) is 40.9 Å². The van der Waals surface area contributed by atoms with Crippen LogP contribution in [0.2, 0.25) is 0 Å². The zero-order valence-corrected chi connectivity index (χ0v) is 31.8. The molecule has 2 N–H and O–H groups in total. The zero-order valence-electron chi connectivity index (χ0n) is 31.8. The predicted octanol–water partition coefficient (Wildman–Crippen LogP) is 10.3. The van der Waals surface area contributed by atoms with Gasteiger partial charge < -0.3 is 19.7 Å². The fourth-order valence-electron chi connectivity index (χ4n) is 11.6.